The van der Waals surface area contributed by atoms with Gasteiger partial charge >= 0.3 is 0 Å². The molecule has 114 valence electrons. The van der Waals surface area contributed by atoms with Crippen molar-refractivity contribution in [1.29, 1.82) is 0 Å². The minimum Gasteiger partial charge on any atom is -0.490 e. The number of nitrogens with zero attached hydrogens (tertiary/aromatic N) is 2. The first-order valence-corrected chi connectivity index (χ1v) is 7.36. The zero-order chi connectivity index (χ0) is 15.1. The van der Waals surface area contributed by atoms with Crippen molar-refractivity contribution >= 4 is 0 Å². The fourth-order valence-electron chi connectivity index (χ4n) is 2.08. The van der Waals surface area contributed by atoms with Crippen LogP contribution >= 0.6 is 0 Å². The van der Waals surface area contributed by atoms with Crippen molar-refractivity contribution in [3.8, 4) is 11.5 Å². The van der Waals surface area contributed by atoms with Crippen LogP contribution in [0.5, 0.6) is 11.5 Å². The van der Waals surface area contributed by atoms with Crippen molar-refractivity contribution in [3.05, 3.63) is 41.7 Å². The van der Waals surface area contributed by atoms with Gasteiger partial charge in [0.15, 0.2) is 11.5 Å². The molecule has 2 N–H and O–H groups in total. The summed E-state index contributed by atoms with van der Waals surface area (Å²) in [6.45, 7) is 6.60. The Morgan fingerprint density at radius 3 is 2.67 bits per heavy atom. The Bertz CT molecular complexity index is 566. The van der Waals surface area contributed by atoms with Crippen LogP contribution in [-0.2, 0) is 19.6 Å². The van der Waals surface area contributed by atoms with E-state index in [1.807, 2.05) is 42.2 Å². The molecule has 5 heteroatoms. The average Bonchev–Trinajstić information content (AvgIpc) is 2.95. The number of hydrogen-bond acceptors (Lipinski definition) is 4. The van der Waals surface area contributed by atoms with E-state index in [-0.39, 0.29) is 0 Å². The highest BCUT2D eigenvalue weighted by Crippen LogP contribution is 2.29. The van der Waals surface area contributed by atoms with Crippen LogP contribution in [0.4, 0.5) is 0 Å². The van der Waals surface area contributed by atoms with Crippen molar-refractivity contribution in [2.45, 2.75) is 33.4 Å². The molecule has 0 aliphatic carbocycles. The molecule has 0 saturated carbocycles. The van der Waals surface area contributed by atoms with Crippen molar-refractivity contribution in [3.63, 3.8) is 0 Å². The quantitative estimate of drug-likeness (QED) is 0.810. The van der Waals surface area contributed by atoms with Crippen LogP contribution in [0.15, 0.2) is 30.6 Å². The molecule has 0 saturated heterocycles. The van der Waals surface area contributed by atoms with Crippen LogP contribution in [-0.4, -0.2) is 22.9 Å². The van der Waals surface area contributed by atoms with Gasteiger partial charge in [0, 0.05) is 18.3 Å². The van der Waals surface area contributed by atoms with Gasteiger partial charge in [-0.2, -0.15) is 5.10 Å². The van der Waals surface area contributed by atoms with Crippen molar-refractivity contribution in [2.75, 3.05) is 13.2 Å². The lowest BCUT2D eigenvalue weighted by Gasteiger charge is -2.12. The molecule has 0 unspecified atom stereocenters. The highest BCUT2D eigenvalue weighted by atomic mass is 16.5. The second-order valence-electron chi connectivity index (χ2n) is 4.75. The lowest BCUT2D eigenvalue weighted by Crippen LogP contribution is -2.04. The molecule has 1 heterocycles. The topological polar surface area (TPSA) is 62.3 Å². The lowest BCUT2D eigenvalue weighted by atomic mass is 10.1. The van der Waals surface area contributed by atoms with Gasteiger partial charge in [0.05, 0.1) is 12.8 Å². The zero-order valence-corrected chi connectivity index (χ0v) is 12.7. The third kappa shape index (κ3) is 4.23. The Kier molecular flexibility index (Phi) is 5.63. The van der Waals surface area contributed by atoms with Gasteiger partial charge in [-0.1, -0.05) is 6.07 Å². The van der Waals surface area contributed by atoms with Crippen LogP contribution < -0.4 is 15.2 Å². The van der Waals surface area contributed by atoms with Crippen LogP contribution in [0.1, 0.15) is 25.0 Å². The standard InChI is InChI=1S/C16H23N3O2/c1-3-19-11-14(10-18-19)12-21-15-6-5-13(7-8-17)9-16(15)20-4-2/h5-6,9-11H,3-4,7-8,12,17H2,1-2H3. The van der Waals surface area contributed by atoms with Gasteiger partial charge in [-0.05, 0) is 44.5 Å². The Morgan fingerprint density at radius 1 is 1.14 bits per heavy atom. The molecule has 1 aromatic carbocycles. The number of aromatic nitrogens is 2. The summed E-state index contributed by atoms with van der Waals surface area (Å²) < 4.78 is 13.4. The van der Waals surface area contributed by atoms with Gasteiger partial charge in [0.1, 0.15) is 6.61 Å². The Hall–Kier alpha value is -2.01. The largest absolute Gasteiger partial charge is 0.490 e. The van der Waals surface area contributed by atoms with E-state index in [0.717, 1.165) is 35.6 Å². The number of benzene rings is 1. The van der Waals surface area contributed by atoms with E-state index in [4.69, 9.17) is 15.2 Å². The fourth-order valence-corrected chi connectivity index (χ4v) is 2.08. The molecule has 0 atom stereocenters. The summed E-state index contributed by atoms with van der Waals surface area (Å²) in [6, 6.07) is 5.97. The number of rotatable bonds is 8. The number of nitrogens with two attached hydrogens (primary N) is 1. The van der Waals surface area contributed by atoms with Gasteiger partial charge in [-0.3, -0.25) is 4.68 Å². The normalized spacial score (nSPS) is 10.6. The predicted octanol–water partition coefficient (Wildman–Crippen LogP) is 2.38. The van der Waals surface area contributed by atoms with Crippen LogP contribution in [0.3, 0.4) is 0 Å². The van der Waals surface area contributed by atoms with Crippen molar-refractivity contribution < 1.29 is 9.47 Å². The summed E-state index contributed by atoms with van der Waals surface area (Å²) in [5.41, 5.74) is 7.80. The molecular formula is C16H23N3O2. The number of ether oxygens (including phenoxy) is 2. The van der Waals surface area contributed by atoms with Gasteiger partial charge in [0.25, 0.3) is 0 Å². The number of aryl methyl sites for hydroxylation is 1. The molecule has 5 nitrogen and oxygen atoms in total. The Labute approximate surface area is 125 Å². The first-order chi connectivity index (χ1) is 10.3. The molecule has 0 bridgehead atoms. The third-order valence-corrected chi connectivity index (χ3v) is 3.15. The molecule has 0 aliphatic heterocycles. The van der Waals surface area contributed by atoms with Gasteiger partial charge in [-0.15, -0.1) is 0 Å². The average molecular weight is 289 g/mol. The summed E-state index contributed by atoms with van der Waals surface area (Å²) in [5, 5.41) is 4.24. The zero-order valence-electron chi connectivity index (χ0n) is 12.7. The van der Waals surface area contributed by atoms with E-state index >= 15 is 0 Å². The summed E-state index contributed by atoms with van der Waals surface area (Å²) in [7, 11) is 0. The first-order valence-electron chi connectivity index (χ1n) is 7.36. The summed E-state index contributed by atoms with van der Waals surface area (Å²) in [4.78, 5) is 0. The maximum atomic E-state index is 5.86. The molecule has 0 aliphatic rings. The minimum absolute atomic E-state index is 0.482. The monoisotopic (exact) mass is 289 g/mol. The van der Waals surface area contributed by atoms with Gasteiger partial charge in [-0.25, -0.2) is 0 Å². The van der Waals surface area contributed by atoms with Crippen molar-refractivity contribution in [1.82, 2.24) is 9.78 Å². The molecular weight excluding hydrogens is 266 g/mol. The second-order valence-corrected chi connectivity index (χ2v) is 4.75. The second kappa shape index (κ2) is 7.69. The minimum atomic E-state index is 0.482. The smallest absolute Gasteiger partial charge is 0.161 e. The summed E-state index contributed by atoms with van der Waals surface area (Å²) in [6.07, 6.45) is 4.65. The summed E-state index contributed by atoms with van der Waals surface area (Å²) >= 11 is 0. The third-order valence-electron chi connectivity index (χ3n) is 3.15. The molecule has 21 heavy (non-hydrogen) atoms. The van der Waals surface area contributed by atoms with Gasteiger partial charge in [0.2, 0.25) is 0 Å². The molecule has 0 radical (unpaired) electrons. The molecule has 2 aromatic rings. The summed E-state index contributed by atoms with van der Waals surface area (Å²) in [5.74, 6) is 1.52. The van der Waals surface area contributed by atoms with Crippen molar-refractivity contribution in [2.24, 2.45) is 5.73 Å². The van der Waals surface area contributed by atoms with E-state index in [0.29, 0.717) is 19.8 Å². The van der Waals surface area contributed by atoms with Crippen LogP contribution in [0, 0.1) is 0 Å². The fraction of sp³-hybridized carbons (Fsp3) is 0.438. The maximum Gasteiger partial charge on any atom is 0.161 e. The maximum absolute atomic E-state index is 5.86. The lowest BCUT2D eigenvalue weighted by molar-refractivity contribution is 0.269. The van der Waals surface area contributed by atoms with E-state index in [2.05, 4.69) is 12.0 Å². The molecule has 2 rings (SSSR count). The van der Waals surface area contributed by atoms with Crippen LogP contribution in [0.25, 0.3) is 0 Å². The van der Waals surface area contributed by atoms with E-state index < -0.39 is 0 Å². The highest BCUT2D eigenvalue weighted by molar-refractivity contribution is 5.43. The Balaban J connectivity index is 2.07. The van der Waals surface area contributed by atoms with E-state index in [1.54, 1.807) is 0 Å². The number of hydrogen-bond donors (Lipinski definition) is 1. The highest BCUT2D eigenvalue weighted by Gasteiger charge is 2.07. The van der Waals surface area contributed by atoms with E-state index in [9.17, 15) is 0 Å². The van der Waals surface area contributed by atoms with Gasteiger partial charge < -0.3 is 15.2 Å². The predicted molar refractivity (Wildman–Crippen MR) is 82.6 cm³/mol. The molecule has 1 aromatic heterocycles. The SMILES string of the molecule is CCOc1cc(CCN)ccc1OCc1cnn(CC)c1. The van der Waals surface area contributed by atoms with Crippen LogP contribution in [0.2, 0.25) is 0 Å². The molecule has 0 fully saturated rings. The first kappa shape index (κ1) is 15.4. The molecule has 0 amide bonds. The Morgan fingerprint density at radius 2 is 2.00 bits per heavy atom. The van der Waals surface area contributed by atoms with E-state index in [1.165, 1.54) is 0 Å². The molecule has 0 spiro atoms.